The normalized spacial score (nSPS) is 18.0. The predicted octanol–water partition coefficient (Wildman–Crippen LogP) is 5.08. The van der Waals surface area contributed by atoms with E-state index in [0.29, 0.717) is 10.6 Å². The van der Waals surface area contributed by atoms with E-state index in [2.05, 4.69) is 28.1 Å². The largest absolute Gasteiger partial charge is 0.332 e. The van der Waals surface area contributed by atoms with Crippen LogP contribution in [0.4, 0.5) is 0 Å². The molecule has 1 aliphatic heterocycles. The van der Waals surface area contributed by atoms with Crippen LogP contribution in [0.1, 0.15) is 34.8 Å². The Morgan fingerprint density at radius 2 is 1.95 bits per heavy atom. The second-order valence-corrected chi connectivity index (χ2v) is 6.51. The van der Waals surface area contributed by atoms with Gasteiger partial charge in [0.1, 0.15) is 0 Å². The van der Waals surface area contributed by atoms with Crippen molar-refractivity contribution in [2.24, 2.45) is 0 Å². The first kappa shape index (κ1) is 14.6. The van der Waals surface area contributed by atoms with Crippen molar-refractivity contribution in [3.05, 3.63) is 69.2 Å². The van der Waals surface area contributed by atoms with Gasteiger partial charge in [0.25, 0.3) is 5.91 Å². The third-order valence-electron chi connectivity index (χ3n) is 3.86. The molecule has 1 amide bonds. The number of amides is 1. The number of nitrogens with zero attached hydrogens (tertiary/aromatic N) is 1. The van der Waals surface area contributed by atoms with E-state index in [0.717, 1.165) is 23.9 Å². The number of likely N-dealkylation sites (tertiary alicyclic amines) is 1. The Balaban J connectivity index is 1.92. The zero-order valence-electron chi connectivity index (χ0n) is 11.4. The van der Waals surface area contributed by atoms with Crippen LogP contribution in [-0.2, 0) is 0 Å². The lowest BCUT2D eigenvalue weighted by Gasteiger charge is -2.25. The molecule has 1 heterocycles. The molecule has 2 aromatic carbocycles. The van der Waals surface area contributed by atoms with Crippen molar-refractivity contribution in [2.45, 2.75) is 18.9 Å². The maximum Gasteiger partial charge on any atom is 0.255 e. The van der Waals surface area contributed by atoms with E-state index in [1.54, 1.807) is 12.1 Å². The third-order valence-corrected chi connectivity index (χ3v) is 4.68. The summed E-state index contributed by atoms with van der Waals surface area (Å²) in [6.07, 6.45) is 2.03. The Bertz CT molecular complexity index is 659. The molecule has 0 spiro atoms. The molecule has 1 fully saturated rings. The fourth-order valence-corrected chi connectivity index (χ4v) is 3.41. The van der Waals surface area contributed by atoms with Crippen molar-refractivity contribution in [1.82, 2.24) is 4.90 Å². The summed E-state index contributed by atoms with van der Waals surface area (Å²) in [5.41, 5.74) is 1.75. The van der Waals surface area contributed by atoms with Crippen LogP contribution in [0.5, 0.6) is 0 Å². The van der Waals surface area contributed by atoms with Crippen LogP contribution in [0.3, 0.4) is 0 Å². The topological polar surface area (TPSA) is 20.3 Å². The maximum atomic E-state index is 12.8. The molecule has 108 valence electrons. The molecule has 4 heteroatoms. The number of halogens is 2. The summed E-state index contributed by atoms with van der Waals surface area (Å²) in [4.78, 5) is 14.8. The van der Waals surface area contributed by atoms with Gasteiger partial charge >= 0.3 is 0 Å². The molecule has 0 aliphatic carbocycles. The number of benzene rings is 2. The van der Waals surface area contributed by atoms with Gasteiger partial charge in [-0.2, -0.15) is 0 Å². The summed E-state index contributed by atoms with van der Waals surface area (Å²) >= 11 is 9.60. The van der Waals surface area contributed by atoms with Gasteiger partial charge in [-0.1, -0.05) is 57.9 Å². The quantitative estimate of drug-likeness (QED) is 0.727. The van der Waals surface area contributed by atoms with E-state index in [4.69, 9.17) is 11.6 Å². The van der Waals surface area contributed by atoms with Crippen molar-refractivity contribution >= 4 is 33.4 Å². The standard InChI is InChI=1S/C17H15BrClNO/c18-13-8-9-15(19)14(11-13)17(21)20-10-4-7-16(20)12-5-2-1-3-6-12/h1-3,5-6,8-9,11,16H,4,7,10H2. The van der Waals surface area contributed by atoms with E-state index in [1.807, 2.05) is 29.2 Å². The maximum absolute atomic E-state index is 12.8. The molecule has 0 bridgehead atoms. The van der Waals surface area contributed by atoms with Crippen LogP contribution < -0.4 is 0 Å². The van der Waals surface area contributed by atoms with Gasteiger partial charge in [-0.15, -0.1) is 0 Å². The number of carbonyl (C=O) groups excluding carboxylic acids is 1. The van der Waals surface area contributed by atoms with Gasteiger partial charge in [0, 0.05) is 11.0 Å². The van der Waals surface area contributed by atoms with E-state index in [9.17, 15) is 4.79 Å². The fraction of sp³-hybridized carbons (Fsp3) is 0.235. The summed E-state index contributed by atoms with van der Waals surface area (Å²) in [6.45, 7) is 0.779. The Hall–Kier alpha value is -1.32. The molecule has 2 aromatic rings. The molecule has 1 aliphatic rings. The van der Waals surface area contributed by atoms with Crippen molar-refractivity contribution in [3.63, 3.8) is 0 Å². The Morgan fingerprint density at radius 1 is 1.19 bits per heavy atom. The highest BCUT2D eigenvalue weighted by molar-refractivity contribution is 9.10. The monoisotopic (exact) mass is 363 g/mol. The van der Waals surface area contributed by atoms with E-state index in [1.165, 1.54) is 5.56 Å². The Labute approximate surface area is 137 Å². The summed E-state index contributed by atoms with van der Waals surface area (Å²) in [5, 5.41) is 0.502. The van der Waals surface area contributed by atoms with Gasteiger partial charge < -0.3 is 4.90 Å². The predicted molar refractivity (Wildman–Crippen MR) is 88.6 cm³/mol. The summed E-state index contributed by atoms with van der Waals surface area (Å²) in [7, 11) is 0. The van der Waals surface area contributed by atoms with Crippen molar-refractivity contribution in [3.8, 4) is 0 Å². The lowest BCUT2D eigenvalue weighted by Crippen LogP contribution is -2.30. The minimum absolute atomic E-state index is 0.00709. The molecule has 1 atom stereocenters. The van der Waals surface area contributed by atoms with Gasteiger partial charge in [0.15, 0.2) is 0 Å². The van der Waals surface area contributed by atoms with E-state index in [-0.39, 0.29) is 11.9 Å². The first-order valence-corrected chi connectivity index (χ1v) is 8.15. The lowest BCUT2D eigenvalue weighted by atomic mass is 10.0. The van der Waals surface area contributed by atoms with Crippen molar-refractivity contribution < 1.29 is 4.79 Å². The van der Waals surface area contributed by atoms with Gasteiger partial charge in [-0.05, 0) is 36.6 Å². The zero-order chi connectivity index (χ0) is 14.8. The molecule has 0 N–H and O–H groups in total. The second kappa shape index (κ2) is 6.20. The molecule has 3 rings (SSSR count). The Morgan fingerprint density at radius 3 is 2.71 bits per heavy atom. The fourth-order valence-electron chi connectivity index (χ4n) is 2.85. The molecule has 21 heavy (non-hydrogen) atoms. The summed E-state index contributed by atoms with van der Waals surface area (Å²) < 4.78 is 0.866. The van der Waals surface area contributed by atoms with Gasteiger partial charge in [-0.3, -0.25) is 4.79 Å². The first-order valence-electron chi connectivity index (χ1n) is 6.98. The second-order valence-electron chi connectivity index (χ2n) is 5.19. The average Bonchev–Trinajstić information content (AvgIpc) is 2.99. The van der Waals surface area contributed by atoms with Crippen LogP contribution in [0.25, 0.3) is 0 Å². The van der Waals surface area contributed by atoms with Crippen LogP contribution in [0.2, 0.25) is 5.02 Å². The molecule has 0 saturated carbocycles. The third kappa shape index (κ3) is 2.99. The van der Waals surface area contributed by atoms with E-state index < -0.39 is 0 Å². The van der Waals surface area contributed by atoms with Crippen LogP contribution in [0.15, 0.2) is 53.0 Å². The summed E-state index contributed by atoms with van der Waals surface area (Å²) in [5.74, 6) is 0.00709. The van der Waals surface area contributed by atoms with E-state index >= 15 is 0 Å². The number of hydrogen-bond donors (Lipinski definition) is 0. The smallest absolute Gasteiger partial charge is 0.255 e. The molecular formula is C17H15BrClNO. The minimum Gasteiger partial charge on any atom is -0.332 e. The highest BCUT2D eigenvalue weighted by Crippen LogP contribution is 2.34. The van der Waals surface area contributed by atoms with Crippen LogP contribution >= 0.6 is 27.5 Å². The van der Waals surface area contributed by atoms with Crippen LogP contribution in [0, 0.1) is 0 Å². The number of rotatable bonds is 2. The molecule has 2 nitrogen and oxygen atoms in total. The zero-order valence-corrected chi connectivity index (χ0v) is 13.8. The van der Waals surface area contributed by atoms with Gasteiger partial charge in [0.05, 0.1) is 16.6 Å². The van der Waals surface area contributed by atoms with Crippen molar-refractivity contribution in [2.75, 3.05) is 6.54 Å². The highest BCUT2D eigenvalue weighted by atomic mass is 79.9. The Kier molecular flexibility index (Phi) is 4.32. The van der Waals surface area contributed by atoms with Gasteiger partial charge in [-0.25, -0.2) is 0 Å². The van der Waals surface area contributed by atoms with Crippen LogP contribution in [-0.4, -0.2) is 17.4 Å². The van der Waals surface area contributed by atoms with Gasteiger partial charge in [0.2, 0.25) is 0 Å². The molecule has 1 saturated heterocycles. The molecular weight excluding hydrogens is 350 g/mol. The van der Waals surface area contributed by atoms with Crippen molar-refractivity contribution in [1.29, 1.82) is 0 Å². The molecule has 1 unspecified atom stereocenters. The number of hydrogen-bond acceptors (Lipinski definition) is 1. The molecule has 0 aromatic heterocycles. The minimum atomic E-state index is 0.00709. The SMILES string of the molecule is O=C(c1cc(Br)ccc1Cl)N1CCCC1c1ccccc1. The summed E-state index contributed by atoms with van der Waals surface area (Å²) in [6, 6.07) is 15.7. The molecule has 0 radical (unpaired) electrons. The first-order chi connectivity index (χ1) is 10.2. The average molecular weight is 365 g/mol. The lowest BCUT2D eigenvalue weighted by molar-refractivity contribution is 0.0736. The highest BCUT2D eigenvalue weighted by Gasteiger charge is 2.31. The number of carbonyl (C=O) groups is 1.